The number of carbonyl (C=O) groups is 1. The van der Waals surface area contributed by atoms with E-state index < -0.39 is 98.0 Å². The number of aliphatic hydroxyl groups is 10. The summed E-state index contributed by atoms with van der Waals surface area (Å²) in [5.41, 5.74) is -0.959. The Bertz CT molecular complexity index is 1570. The first-order valence-corrected chi connectivity index (χ1v) is 13.1. The van der Waals surface area contributed by atoms with Gasteiger partial charge in [-0.25, -0.2) is 14.6 Å². The quantitative estimate of drug-likeness (QED) is 0.122. The molecule has 19 nitrogen and oxygen atoms in total. The molecule has 4 rings (SSSR count). The smallest absolute Gasteiger partial charge is 0.338 e. The van der Waals surface area contributed by atoms with Gasteiger partial charge in [0, 0.05) is 23.4 Å². The minimum atomic E-state index is -2.70. The molecule has 0 bridgehead atoms. The van der Waals surface area contributed by atoms with E-state index in [9.17, 15) is 19.5 Å². The molecule has 2 aromatic rings. The van der Waals surface area contributed by atoms with E-state index in [-0.39, 0.29) is 50.3 Å². The number of hydrogen-bond acceptors (Lipinski definition) is 16. The summed E-state index contributed by atoms with van der Waals surface area (Å²) in [4.78, 5) is 39.4. The minimum Gasteiger partial charge on any atom is -0.455 e. The van der Waals surface area contributed by atoms with Gasteiger partial charge in [0.2, 0.25) is 0 Å². The van der Waals surface area contributed by atoms with E-state index in [1.807, 2.05) is 0 Å². The highest BCUT2D eigenvalue weighted by atomic mass is 32.1. The van der Waals surface area contributed by atoms with E-state index in [0.717, 1.165) is 11.5 Å². The van der Waals surface area contributed by atoms with Crippen LogP contribution < -0.4 is 11.2 Å². The topological polar surface area (TPSA) is 300 Å². The molecule has 1 unspecified atom stereocenters. The number of hydrogen-bond donors (Lipinski definition) is 10. The van der Waals surface area contributed by atoms with Crippen LogP contribution in [0.15, 0.2) is 15.9 Å². The van der Waals surface area contributed by atoms with E-state index in [1.165, 1.54) is 23.2 Å². The maximum atomic E-state index is 12.5. The Morgan fingerprint density at radius 2 is 1.56 bits per heavy atom. The lowest BCUT2D eigenvalue weighted by Gasteiger charge is -2.37. The average molecular weight is 678 g/mol. The summed E-state index contributed by atoms with van der Waals surface area (Å²) in [5.74, 6) is -1.04. The highest BCUT2D eigenvalue weighted by Gasteiger charge is 2.43. The van der Waals surface area contributed by atoms with Gasteiger partial charge in [0.1, 0.15) is 38.0 Å². The van der Waals surface area contributed by atoms with E-state index in [1.54, 1.807) is 0 Å². The largest absolute Gasteiger partial charge is 0.455 e. The molecule has 0 aromatic carbocycles. The van der Waals surface area contributed by atoms with E-state index in [0.29, 0.717) is 0 Å². The highest BCUT2D eigenvalue weighted by Crippen LogP contribution is 2.19. The maximum Gasteiger partial charge on any atom is 0.338 e. The van der Waals surface area contributed by atoms with E-state index in [2.05, 4.69) is 14.5 Å². The molecule has 10 N–H and O–H groups in total. The Morgan fingerprint density at radius 1 is 0.978 bits per heavy atom. The summed E-state index contributed by atoms with van der Waals surface area (Å²) < 4.78 is 49.6. The molecule has 2 aliphatic heterocycles. The third-order valence-electron chi connectivity index (χ3n) is 6.58. The maximum absolute atomic E-state index is 12.5. The van der Waals surface area contributed by atoms with Crippen LogP contribution in [0.2, 0.25) is 0 Å². The normalized spacial score (nSPS) is 34.5. The lowest BCUT2D eigenvalue weighted by atomic mass is 10.00. The molecule has 2 fully saturated rings. The Morgan fingerprint density at radius 3 is 2.11 bits per heavy atom. The molecule has 2 saturated heterocycles. The molecule has 45 heavy (non-hydrogen) atoms. The van der Waals surface area contributed by atoms with Gasteiger partial charge >= 0.3 is 11.7 Å². The second-order valence-corrected chi connectivity index (χ2v) is 9.79. The lowest BCUT2D eigenvalue weighted by Crippen LogP contribution is -2.58. The Balaban J connectivity index is 0.000000407. The van der Waals surface area contributed by atoms with Crippen LogP contribution in [0.4, 0.5) is 0 Å². The molecule has 0 radical (unpaired) electrons. The van der Waals surface area contributed by atoms with Crippen LogP contribution in [-0.2, 0) is 34.9 Å². The van der Waals surface area contributed by atoms with Crippen molar-refractivity contribution in [1.82, 2.24) is 18.7 Å². The van der Waals surface area contributed by atoms with Gasteiger partial charge in [-0.15, -0.1) is 0 Å². The molecule has 0 saturated carbocycles. The number of carbonyl (C=O) groups excluding carboxylic acids is 1. The highest BCUT2D eigenvalue weighted by molar-refractivity contribution is 7.59. The molecular weight excluding hydrogens is 628 g/mol. The fourth-order valence-electron chi connectivity index (χ4n) is 4.01. The van der Waals surface area contributed by atoms with Crippen LogP contribution in [0.1, 0.15) is 33.0 Å². The number of ether oxygens (including phenoxy) is 2. The molecule has 2 aliphatic rings. The Hall–Kier alpha value is -2.47. The Labute approximate surface area is 270 Å². The van der Waals surface area contributed by atoms with Gasteiger partial charge in [0.05, 0.1) is 28.3 Å². The number of rotatable bonds is 7. The van der Waals surface area contributed by atoms with Crippen LogP contribution in [0.3, 0.4) is 0 Å². The van der Waals surface area contributed by atoms with Crippen molar-refractivity contribution in [3.8, 4) is 0 Å². The van der Waals surface area contributed by atoms with Gasteiger partial charge in [0.15, 0.2) is 29.6 Å². The van der Waals surface area contributed by atoms with Gasteiger partial charge in [-0.2, -0.15) is 13.5 Å². The van der Waals surface area contributed by atoms with Gasteiger partial charge in [-0.3, -0.25) is 13.9 Å². The zero-order valence-electron chi connectivity index (χ0n) is 29.5. The SMILES string of the molecule is O=C1O[C@H](CO)[C@@H](O)[C@H](O)[C@H]1O.S.[2H]C1(O)O[C@H](CO)[C@@H](O)[C@H](O)[C@H]1O.[2H]c1nc2c(c(=O)n(CCCC([2H])([2H])[C@]([2H])(C)O)c(=O)n2C)n1C. The van der Waals surface area contributed by atoms with Crippen LogP contribution >= 0.6 is 13.5 Å². The number of aliphatic hydroxyl groups excluding tert-OH is 8. The average Bonchev–Trinajstić information content (AvgIpc) is 3.33. The van der Waals surface area contributed by atoms with Gasteiger partial charge in [-0.1, -0.05) is 0 Å². The third kappa shape index (κ3) is 9.76. The second-order valence-electron chi connectivity index (χ2n) is 9.79. The van der Waals surface area contributed by atoms with Crippen molar-refractivity contribution in [3.05, 3.63) is 27.1 Å². The number of cyclic esters (lactones) is 1. The molecule has 20 heteroatoms. The number of aromatic nitrogens is 4. The molecule has 4 heterocycles. The van der Waals surface area contributed by atoms with Crippen molar-refractivity contribution in [1.29, 1.82) is 0 Å². The van der Waals surface area contributed by atoms with Crippen molar-refractivity contribution in [2.45, 2.75) is 93.9 Å². The predicted octanol–water partition coefficient (Wildman–Crippen LogP) is -6.14. The summed E-state index contributed by atoms with van der Waals surface area (Å²) in [5, 5.41) is 90.0. The molecule has 0 spiro atoms. The fraction of sp³-hybridized carbons (Fsp3) is 0.760. The van der Waals surface area contributed by atoms with Gasteiger partial charge in [0.25, 0.3) is 5.56 Å². The monoisotopic (exact) mass is 677 g/mol. The lowest BCUT2D eigenvalue weighted by molar-refractivity contribution is -0.286. The number of imidazole rings is 1. The third-order valence-corrected chi connectivity index (χ3v) is 6.58. The fourth-order valence-corrected chi connectivity index (χ4v) is 4.01. The first-order valence-electron chi connectivity index (χ1n) is 15.6. The summed E-state index contributed by atoms with van der Waals surface area (Å²) in [7, 11) is 2.95. The zero-order valence-corrected chi connectivity index (χ0v) is 25.5. The number of esters is 1. The first kappa shape index (κ1) is 32.5. The molecular formula is C25H44N4O15S. The van der Waals surface area contributed by atoms with E-state index in [4.69, 9.17) is 52.8 Å². The number of fused-ring (bicyclic) bond motifs is 1. The zero-order chi connectivity index (χ0) is 38.0. The van der Waals surface area contributed by atoms with Crippen molar-refractivity contribution < 1.29 is 72.2 Å². The number of nitrogens with zero attached hydrogens (tertiary/aromatic N) is 4. The van der Waals surface area contributed by atoms with Crippen molar-refractivity contribution in [3.63, 3.8) is 0 Å². The summed E-state index contributed by atoms with van der Waals surface area (Å²) >= 11 is 0. The molecule has 0 aliphatic carbocycles. The number of aryl methyl sites for hydroxylation is 2. The van der Waals surface area contributed by atoms with Crippen LogP contribution in [0, 0.1) is 0 Å². The molecule has 2 aromatic heterocycles. The summed E-state index contributed by atoms with van der Waals surface area (Å²) in [6, 6.07) is 0. The molecule has 260 valence electrons. The van der Waals surface area contributed by atoms with Gasteiger partial charge in [-0.05, 0) is 26.1 Å². The summed E-state index contributed by atoms with van der Waals surface area (Å²) in [6.45, 7) is -0.256. The van der Waals surface area contributed by atoms with E-state index >= 15 is 0 Å². The Kier molecular flexibility index (Phi) is 13.0. The van der Waals surface area contributed by atoms with Crippen molar-refractivity contribution >= 4 is 30.6 Å². The van der Waals surface area contributed by atoms with Crippen molar-refractivity contribution in [2.75, 3.05) is 13.2 Å². The van der Waals surface area contributed by atoms with Gasteiger partial charge < -0.3 is 65.1 Å². The van der Waals surface area contributed by atoms with Crippen LogP contribution in [-0.4, -0.2) is 150 Å². The van der Waals surface area contributed by atoms with Crippen molar-refractivity contribution in [2.24, 2.45) is 14.1 Å². The minimum absolute atomic E-state index is 0. The van der Waals surface area contributed by atoms with Crippen LogP contribution in [0.5, 0.6) is 0 Å². The standard InChI is InChI=1S/C13H20N4O3.C6H12O6.C6H10O6.H2S/c1-9(18)6-4-5-7-17-12(19)10-11(14-8-15(10)2)16(3)13(17)20;2*7-1-2-3(8)4(9)5(10)6(11)12-2;/h8-9,18H,4-7H2,1-3H3;2-11H,1H2;2-5,7-10H,1H2;1H2/t9-;2-,3-,4+,5-,6?;2-,3-,4+,5-;/m011./s1/i6D2,8D,9D;6D;;. The van der Waals surface area contributed by atoms with Crippen LogP contribution in [0.25, 0.3) is 11.2 Å². The first-order chi connectivity index (χ1) is 22.4. The summed E-state index contributed by atoms with van der Waals surface area (Å²) in [6.07, 6.45) is -19.7. The molecule has 10 atom stereocenters. The second kappa shape index (κ2) is 18.0. The molecule has 0 amide bonds. The predicted molar refractivity (Wildman–Crippen MR) is 157 cm³/mol.